The van der Waals surface area contributed by atoms with Crippen molar-refractivity contribution in [2.45, 2.75) is 25.7 Å². The zero-order valence-corrected chi connectivity index (χ0v) is 17.3. The number of hydrogen-bond donors (Lipinski definition) is 2. The number of methoxy groups -OCH3 is 2. The highest BCUT2D eigenvalue weighted by Crippen LogP contribution is 2.22. The first-order valence-corrected chi connectivity index (χ1v) is 9.86. The Balaban J connectivity index is 1.38. The van der Waals surface area contributed by atoms with Crippen LogP contribution in [0.3, 0.4) is 0 Å². The van der Waals surface area contributed by atoms with Crippen molar-refractivity contribution in [3.05, 3.63) is 54.4 Å². The van der Waals surface area contributed by atoms with E-state index < -0.39 is 0 Å². The summed E-state index contributed by atoms with van der Waals surface area (Å²) in [6, 6.07) is 15.2. The van der Waals surface area contributed by atoms with E-state index in [2.05, 4.69) is 20.4 Å². The summed E-state index contributed by atoms with van der Waals surface area (Å²) in [5, 5.41) is 7.12. The second kappa shape index (κ2) is 10.8. The molecule has 0 aliphatic rings. The lowest BCUT2D eigenvalue weighted by atomic mass is 10.2. The van der Waals surface area contributed by atoms with Gasteiger partial charge in [0, 0.05) is 18.5 Å². The van der Waals surface area contributed by atoms with Crippen molar-refractivity contribution in [3.8, 4) is 22.9 Å². The van der Waals surface area contributed by atoms with Crippen LogP contribution in [-0.2, 0) is 6.42 Å². The summed E-state index contributed by atoms with van der Waals surface area (Å²) in [7, 11) is 3.26. The van der Waals surface area contributed by atoms with Gasteiger partial charge in [0.2, 0.25) is 11.7 Å². The molecule has 0 spiro atoms. The number of guanidine groups is 1. The van der Waals surface area contributed by atoms with E-state index in [1.165, 1.54) is 0 Å². The lowest BCUT2D eigenvalue weighted by molar-refractivity contribution is 0.374. The van der Waals surface area contributed by atoms with E-state index in [1.807, 2.05) is 48.5 Å². The Morgan fingerprint density at radius 1 is 1.03 bits per heavy atom. The zero-order chi connectivity index (χ0) is 21.2. The first-order valence-electron chi connectivity index (χ1n) is 9.86. The third-order valence-electron chi connectivity index (χ3n) is 4.52. The van der Waals surface area contributed by atoms with Crippen LogP contribution >= 0.6 is 0 Å². The lowest BCUT2D eigenvalue weighted by Gasteiger charge is -2.09. The van der Waals surface area contributed by atoms with E-state index in [1.54, 1.807) is 14.2 Å². The fraction of sp³-hybridized carbons (Fsp3) is 0.318. The van der Waals surface area contributed by atoms with Crippen molar-refractivity contribution < 1.29 is 14.0 Å². The number of aromatic nitrogens is 2. The second-order valence-electron chi connectivity index (χ2n) is 6.64. The highest BCUT2D eigenvalue weighted by Gasteiger charge is 2.08. The van der Waals surface area contributed by atoms with Gasteiger partial charge in [-0.3, -0.25) is 4.99 Å². The Kier molecular flexibility index (Phi) is 7.65. The molecule has 0 aliphatic heterocycles. The Labute approximate surface area is 176 Å². The van der Waals surface area contributed by atoms with Crippen LogP contribution in [0.4, 0.5) is 5.69 Å². The van der Waals surface area contributed by atoms with Crippen LogP contribution in [0.2, 0.25) is 0 Å². The summed E-state index contributed by atoms with van der Waals surface area (Å²) in [6.45, 7) is 0.648. The number of rotatable bonds is 10. The van der Waals surface area contributed by atoms with E-state index in [0.717, 1.165) is 48.4 Å². The fourth-order valence-electron chi connectivity index (χ4n) is 2.90. The Bertz CT molecular complexity index is 953. The molecule has 0 bridgehead atoms. The maximum Gasteiger partial charge on any atom is 0.226 e. The van der Waals surface area contributed by atoms with Gasteiger partial charge in [0.05, 0.1) is 19.9 Å². The molecule has 0 fully saturated rings. The summed E-state index contributed by atoms with van der Waals surface area (Å²) in [4.78, 5) is 8.82. The molecule has 0 radical (unpaired) electrons. The molecular formula is C22H27N5O3. The van der Waals surface area contributed by atoms with Crippen LogP contribution < -0.4 is 20.5 Å². The van der Waals surface area contributed by atoms with Crippen molar-refractivity contribution >= 4 is 11.6 Å². The van der Waals surface area contributed by atoms with E-state index in [0.29, 0.717) is 24.2 Å². The molecule has 3 rings (SSSR count). The molecule has 0 amide bonds. The molecule has 8 heteroatoms. The maximum atomic E-state index is 5.95. The van der Waals surface area contributed by atoms with Crippen LogP contribution in [0.5, 0.6) is 11.5 Å². The predicted molar refractivity (Wildman–Crippen MR) is 117 cm³/mol. The number of anilines is 1. The summed E-state index contributed by atoms with van der Waals surface area (Å²) >= 11 is 0. The lowest BCUT2D eigenvalue weighted by Crippen LogP contribution is -2.23. The molecule has 30 heavy (non-hydrogen) atoms. The largest absolute Gasteiger partial charge is 0.497 e. The minimum atomic E-state index is 0.375. The minimum absolute atomic E-state index is 0.375. The molecule has 0 unspecified atom stereocenters. The van der Waals surface area contributed by atoms with Crippen molar-refractivity contribution in [2.24, 2.45) is 10.7 Å². The first-order chi connectivity index (χ1) is 14.7. The standard InChI is InChI=1S/C22H27N5O3/c1-28-17-13-11-16(12-14-17)21-26-20(30-27-21)10-4-3-7-15-24-22(23)25-18-8-5-6-9-19(18)29-2/h5-6,8-9,11-14H,3-4,7,10,15H2,1-2H3,(H3,23,24,25). The molecule has 0 aliphatic carbocycles. The molecular weight excluding hydrogens is 382 g/mol. The van der Waals surface area contributed by atoms with Crippen LogP contribution in [-0.4, -0.2) is 36.9 Å². The number of nitrogens with two attached hydrogens (primary N) is 1. The number of benzene rings is 2. The molecule has 2 aromatic carbocycles. The number of aliphatic imine (C=N–C) groups is 1. The first kappa shape index (κ1) is 21.2. The molecule has 3 aromatic rings. The van der Waals surface area contributed by atoms with Crippen molar-refractivity contribution in [3.63, 3.8) is 0 Å². The van der Waals surface area contributed by atoms with Gasteiger partial charge in [-0.05, 0) is 49.2 Å². The average Bonchev–Trinajstić information content (AvgIpc) is 3.25. The quantitative estimate of drug-likeness (QED) is 0.297. The minimum Gasteiger partial charge on any atom is -0.497 e. The van der Waals surface area contributed by atoms with Gasteiger partial charge in [0.15, 0.2) is 5.96 Å². The Morgan fingerprint density at radius 2 is 1.83 bits per heavy atom. The number of para-hydroxylation sites is 2. The summed E-state index contributed by atoms with van der Waals surface area (Å²) in [6.07, 6.45) is 3.60. The van der Waals surface area contributed by atoms with Crippen LogP contribution in [0.15, 0.2) is 58.0 Å². The van der Waals surface area contributed by atoms with Gasteiger partial charge in [-0.1, -0.05) is 23.7 Å². The smallest absolute Gasteiger partial charge is 0.226 e. The van der Waals surface area contributed by atoms with E-state index in [9.17, 15) is 0 Å². The normalized spacial score (nSPS) is 11.3. The maximum absolute atomic E-state index is 5.95. The van der Waals surface area contributed by atoms with E-state index in [-0.39, 0.29) is 0 Å². The molecule has 158 valence electrons. The summed E-state index contributed by atoms with van der Waals surface area (Å²) < 4.78 is 15.8. The fourth-order valence-corrected chi connectivity index (χ4v) is 2.90. The van der Waals surface area contributed by atoms with Gasteiger partial charge in [-0.15, -0.1) is 0 Å². The molecule has 3 N–H and O–H groups in total. The van der Waals surface area contributed by atoms with Gasteiger partial charge in [0.25, 0.3) is 0 Å². The number of unbranched alkanes of at least 4 members (excludes halogenated alkanes) is 2. The molecule has 0 atom stereocenters. The number of ether oxygens (including phenoxy) is 2. The van der Waals surface area contributed by atoms with Crippen molar-refractivity contribution in [2.75, 3.05) is 26.1 Å². The summed E-state index contributed by atoms with van der Waals surface area (Å²) in [5.74, 6) is 3.13. The topological polar surface area (TPSA) is 108 Å². The van der Waals surface area contributed by atoms with Crippen LogP contribution in [0.25, 0.3) is 11.4 Å². The number of nitrogens with one attached hydrogen (secondary N) is 1. The second-order valence-corrected chi connectivity index (χ2v) is 6.64. The monoisotopic (exact) mass is 409 g/mol. The van der Waals surface area contributed by atoms with Gasteiger partial charge in [0.1, 0.15) is 11.5 Å². The molecule has 1 heterocycles. The number of hydrogen-bond acceptors (Lipinski definition) is 6. The highest BCUT2D eigenvalue weighted by atomic mass is 16.5. The third-order valence-corrected chi connectivity index (χ3v) is 4.52. The van der Waals surface area contributed by atoms with Gasteiger partial charge >= 0.3 is 0 Å². The number of nitrogens with zero attached hydrogens (tertiary/aromatic N) is 3. The van der Waals surface area contributed by atoms with Crippen LogP contribution in [0, 0.1) is 0 Å². The molecule has 0 saturated carbocycles. The van der Waals surface area contributed by atoms with Gasteiger partial charge < -0.3 is 25.0 Å². The van der Waals surface area contributed by atoms with Gasteiger partial charge in [-0.2, -0.15) is 4.98 Å². The van der Waals surface area contributed by atoms with Crippen LogP contribution in [0.1, 0.15) is 25.2 Å². The Hall–Kier alpha value is -3.55. The third kappa shape index (κ3) is 5.97. The molecule has 1 aromatic heterocycles. The molecule has 0 saturated heterocycles. The van der Waals surface area contributed by atoms with Crippen molar-refractivity contribution in [1.82, 2.24) is 10.1 Å². The molecule has 8 nitrogen and oxygen atoms in total. The summed E-state index contributed by atoms with van der Waals surface area (Å²) in [5.41, 5.74) is 7.65. The van der Waals surface area contributed by atoms with E-state index >= 15 is 0 Å². The zero-order valence-electron chi connectivity index (χ0n) is 17.3. The SMILES string of the molecule is COc1ccc(-c2noc(CCCCCN=C(N)Nc3ccccc3OC)n2)cc1. The number of aryl methyl sites for hydroxylation is 1. The predicted octanol–water partition coefficient (Wildman–Crippen LogP) is 3.89. The Morgan fingerprint density at radius 3 is 2.60 bits per heavy atom. The van der Waals surface area contributed by atoms with Gasteiger partial charge in [-0.25, -0.2) is 0 Å². The van der Waals surface area contributed by atoms with E-state index in [4.69, 9.17) is 19.7 Å². The highest BCUT2D eigenvalue weighted by molar-refractivity contribution is 5.93. The van der Waals surface area contributed by atoms with Crippen molar-refractivity contribution in [1.29, 1.82) is 0 Å². The average molecular weight is 409 g/mol.